The molecular weight excluding hydrogens is 420 g/mol. The number of rotatable bonds is 5. The third-order valence-corrected chi connectivity index (χ3v) is 5.97. The number of benzene rings is 2. The standard InChI is InChI=1S/C22H20N2O8/c1-11(2)13-7-8-14-17(9-13)32-21(10-31-20(27)28)15-5-4-6-16(24(29)30)18(15)19(26)22(14,21)23-12(3)25/h4-9,11H,10H2,1-3H3,(H,23,25)(H,27,28). The van der Waals surface area contributed by atoms with Crippen LogP contribution >= 0.6 is 0 Å². The van der Waals surface area contributed by atoms with E-state index in [0.717, 1.165) is 5.56 Å². The number of carbonyl (C=O) groups is 3. The number of ether oxygens (including phenoxy) is 2. The highest BCUT2D eigenvalue weighted by molar-refractivity contribution is 6.15. The number of ketones is 1. The molecule has 0 fully saturated rings. The zero-order valence-electron chi connectivity index (χ0n) is 17.5. The number of hydrogen-bond acceptors (Lipinski definition) is 7. The Hall–Kier alpha value is -3.95. The van der Waals surface area contributed by atoms with Crippen molar-refractivity contribution in [3.8, 4) is 5.75 Å². The predicted molar refractivity (Wildman–Crippen MR) is 110 cm³/mol. The molecule has 10 nitrogen and oxygen atoms in total. The molecule has 0 bridgehead atoms. The number of fused-ring (bicyclic) bond motifs is 5. The Morgan fingerprint density at radius 1 is 1.25 bits per heavy atom. The number of hydrogen-bond donors (Lipinski definition) is 2. The lowest BCUT2D eigenvalue weighted by atomic mass is 9.76. The average molecular weight is 440 g/mol. The maximum absolute atomic E-state index is 13.9. The average Bonchev–Trinajstić information content (AvgIpc) is 3.10. The molecule has 0 aromatic heterocycles. The van der Waals surface area contributed by atoms with E-state index in [4.69, 9.17) is 9.47 Å². The Balaban J connectivity index is 2.07. The second kappa shape index (κ2) is 7.04. The minimum Gasteiger partial charge on any atom is -0.475 e. The van der Waals surface area contributed by atoms with Gasteiger partial charge in [0.2, 0.25) is 17.3 Å². The van der Waals surface area contributed by atoms with Gasteiger partial charge in [-0.2, -0.15) is 0 Å². The van der Waals surface area contributed by atoms with E-state index in [-0.39, 0.29) is 28.4 Å². The summed E-state index contributed by atoms with van der Waals surface area (Å²) in [5.41, 5.74) is -3.26. The van der Waals surface area contributed by atoms with Crippen LogP contribution in [0.25, 0.3) is 0 Å². The Kier molecular flexibility index (Phi) is 4.69. The first-order chi connectivity index (χ1) is 15.0. The van der Waals surface area contributed by atoms with Crippen LogP contribution < -0.4 is 10.1 Å². The van der Waals surface area contributed by atoms with Gasteiger partial charge in [0.1, 0.15) is 17.9 Å². The second-order valence-corrected chi connectivity index (χ2v) is 8.11. The van der Waals surface area contributed by atoms with Crippen molar-refractivity contribution in [2.75, 3.05) is 6.61 Å². The summed E-state index contributed by atoms with van der Waals surface area (Å²) >= 11 is 0. The number of Topliss-reactive ketones (excluding diaryl/α,β-unsaturated/α-hetero) is 1. The van der Waals surface area contributed by atoms with Gasteiger partial charge in [-0.05, 0) is 17.5 Å². The van der Waals surface area contributed by atoms with E-state index in [1.54, 1.807) is 18.2 Å². The van der Waals surface area contributed by atoms with Crippen molar-refractivity contribution in [3.05, 3.63) is 68.8 Å². The molecule has 2 atom stereocenters. The fraction of sp³-hybridized carbons (Fsp3) is 0.318. The van der Waals surface area contributed by atoms with E-state index >= 15 is 0 Å². The van der Waals surface area contributed by atoms with Crippen LogP contribution in [0, 0.1) is 10.1 Å². The number of carboxylic acid groups (broad SMARTS) is 1. The van der Waals surface area contributed by atoms with Crippen LogP contribution in [0.3, 0.4) is 0 Å². The molecule has 0 spiro atoms. The van der Waals surface area contributed by atoms with Crippen LogP contribution in [0.4, 0.5) is 10.5 Å². The largest absolute Gasteiger partial charge is 0.505 e. The maximum Gasteiger partial charge on any atom is 0.505 e. The molecule has 0 radical (unpaired) electrons. The van der Waals surface area contributed by atoms with E-state index in [0.29, 0.717) is 0 Å². The van der Waals surface area contributed by atoms with Crippen molar-refractivity contribution in [1.82, 2.24) is 5.32 Å². The third kappa shape index (κ3) is 2.68. The Labute approximate surface area is 182 Å². The number of nitro groups is 1. The molecule has 1 aliphatic heterocycles. The molecule has 1 amide bonds. The van der Waals surface area contributed by atoms with Gasteiger partial charge < -0.3 is 19.9 Å². The lowest BCUT2D eigenvalue weighted by molar-refractivity contribution is -0.385. The number of carbonyl (C=O) groups excluding carboxylic acids is 2. The molecule has 2 unspecified atom stereocenters. The van der Waals surface area contributed by atoms with Gasteiger partial charge in [-0.15, -0.1) is 0 Å². The van der Waals surface area contributed by atoms with Crippen LogP contribution in [-0.2, 0) is 20.7 Å². The fourth-order valence-electron chi connectivity index (χ4n) is 4.66. The summed E-state index contributed by atoms with van der Waals surface area (Å²) in [5.74, 6) is -0.973. The van der Waals surface area contributed by atoms with Gasteiger partial charge in [0.05, 0.1) is 4.92 Å². The fourth-order valence-corrected chi connectivity index (χ4v) is 4.66. The molecule has 1 heterocycles. The van der Waals surface area contributed by atoms with Gasteiger partial charge in [-0.3, -0.25) is 19.7 Å². The summed E-state index contributed by atoms with van der Waals surface area (Å²) in [5, 5.41) is 23.5. The molecule has 2 aliphatic rings. The van der Waals surface area contributed by atoms with Crippen molar-refractivity contribution in [1.29, 1.82) is 0 Å². The summed E-state index contributed by atoms with van der Waals surface area (Å²) in [6, 6.07) is 9.11. The summed E-state index contributed by atoms with van der Waals surface area (Å²) < 4.78 is 11.1. The van der Waals surface area contributed by atoms with Gasteiger partial charge in [0.25, 0.3) is 5.69 Å². The Morgan fingerprint density at radius 2 is 1.97 bits per heavy atom. The summed E-state index contributed by atoms with van der Waals surface area (Å²) in [6.45, 7) is 4.46. The van der Waals surface area contributed by atoms with Crippen LogP contribution in [0.2, 0.25) is 0 Å². The molecule has 2 aromatic rings. The highest BCUT2D eigenvalue weighted by atomic mass is 16.7. The first-order valence-corrected chi connectivity index (χ1v) is 9.85. The van der Waals surface area contributed by atoms with Crippen molar-refractivity contribution in [2.45, 2.75) is 37.8 Å². The van der Waals surface area contributed by atoms with Gasteiger partial charge >= 0.3 is 6.16 Å². The minimum atomic E-state index is -1.94. The lowest BCUT2D eigenvalue weighted by Crippen LogP contribution is -2.61. The summed E-state index contributed by atoms with van der Waals surface area (Å²) in [7, 11) is 0. The molecule has 0 saturated heterocycles. The van der Waals surface area contributed by atoms with E-state index in [9.17, 15) is 29.6 Å². The predicted octanol–water partition coefficient (Wildman–Crippen LogP) is 3.23. The van der Waals surface area contributed by atoms with Crippen LogP contribution in [-0.4, -0.2) is 34.5 Å². The van der Waals surface area contributed by atoms with E-state index in [1.807, 2.05) is 13.8 Å². The first-order valence-electron chi connectivity index (χ1n) is 9.85. The number of amides is 1. The zero-order chi connectivity index (χ0) is 23.4. The molecule has 2 N–H and O–H groups in total. The number of nitro benzene ring substituents is 1. The van der Waals surface area contributed by atoms with Gasteiger partial charge in [0, 0.05) is 24.1 Å². The Bertz CT molecular complexity index is 1190. The quantitative estimate of drug-likeness (QED) is 0.409. The molecule has 1 aliphatic carbocycles. The SMILES string of the molecule is CC(=O)NC12C(=O)c3c([N+](=O)[O-])cccc3C1(COC(=O)O)Oc1cc(C(C)C)ccc12. The van der Waals surface area contributed by atoms with Gasteiger partial charge in [-0.25, -0.2) is 4.79 Å². The van der Waals surface area contributed by atoms with Crippen LogP contribution in [0.5, 0.6) is 5.75 Å². The molecule has 0 saturated carbocycles. The maximum atomic E-state index is 13.9. The minimum absolute atomic E-state index is 0.0778. The molecule has 32 heavy (non-hydrogen) atoms. The first kappa shape index (κ1) is 21.3. The van der Waals surface area contributed by atoms with Gasteiger partial charge in [0.15, 0.2) is 5.54 Å². The van der Waals surface area contributed by atoms with E-state index < -0.39 is 46.2 Å². The van der Waals surface area contributed by atoms with E-state index in [2.05, 4.69) is 5.32 Å². The third-order valence-electron chi connectivity index (χ3n) is 5.97. The van der Waals surface area contributed by atoms with Crippen molar-refractivity contribution in [3.63, 3.8) is 0 Å². The smallest absolute Gasteiger partial charge is 0.475 e. The van der Waals surface area contributed by atoms with E-state index in [1.165, 1.54) is 25.1 Å². The van der Waals surface area contributed by atoms with Crippen LogP contribution in [0.15, 0.2) is 36.4 Å². The van der Waals surface area contributed by atoms with Crippen molar-refractivity contribution < 1.29 is 33.9 Å². The van der Waals surface area contributed by atoms with Crippen LogP contribution in [0.1, 0.15) is 53.7 Å². The lowest BCUT2D eigenvalue weighted by Gasteiger charge is -2.37. The highest BCUT2D eigenvalue weighted by Gasteiger charge is 2.73. The normalized spacial score (nSPS) is 22.6. The number of nitrogens with zero attached hydrogens (tertiary/aromatic N) is 1. The highest BCUT2D eigenvalue weighted by Crippen LogP contribution is 2.61. The van der Waals surface area contributed by atoms with Gasteiger partial charge in [-0.1, -0.05) is 38.1 Å². The monoisotopic (exact) mass is 440 g/mol. The van der Waals surface area contributed by atoms with Crippen molar-refractivity contribution in [2.24, 2.45) is 0 Å². The summed E-state index contributed by atoms with van der Waals surface area (Å²) in [6.07, 6.45) is -1.62. The molecule has 166 valence electrons. The second-order valence-electron chi connectivity index (χ2n) is 8.11. The molecule has 10 heteroatoms. The molecule has 4 rings (SSSR count). The topological polar surface area (TPSA) is 145 Å². The van der Waals surface area contributed by atoms with Crippen molar-refractivity contribution >= 4 is 23.5 Å². The Morgan fingerprint density at radius 3 is 2.56 bits per heavy atom. The number of nitrogens with one attached hydrogen (secondary N) is 1. The molecule has 2 aromatic carbocycles. The zero-order valence-corrected chi connectivity index (χ0v) is 17.5. The summed E-state index contributed by atoms with van der Waals surface area (Å²) in [4.78, 5) is 48.5. The molecular formula is C22H20N2O8.